The van der Waals surface area contributed by atoms with Crippen LogP contribution in [0.4, 0.5) is 4.79 Å². The first kappa shape index (κ1) is 8.21. The molecule has 0 radical (unpaired) electrons. The molecule has 2 N–H and O–H groups in total. The summed E-state index contributed by atoms with van der Waals surface area (Å²) in [5.74, 6) is -3.72. The second-order valence-corrected chi connectivity index (χ2v) is 1.03. The Morgan fingerprint density at radius 3 is 1.80 bits per heavy atom. The number of carbonyl (C=O) groups is 3. The molecule has 0 fully saturated rings. The summed E-state index contributed by atoms with van der Waals surface area (Å²) >= 11 is 0. The van der Waals surface area contributed by atoms with Crippen LogP contribution in [0.3, 0.4) is 0 Å². The first-order valence-corrected chi connectivity index (χ1v) is 1.88. The van der Waals surface area contributed by atoms with Crippen molar-refractivity contribution in [3.63, 3.8) is 0 Å². The normalized spacial score (nSPS) is 8.00. The SMILES string of the molecule is O=C(O)OOC(=O)C(=O)O. The average molecular weight is 150 g/mol. The van der Waals surface area contributed by atoms with Crippen LogP contribution in [-0.4, -0.2) is 28.3 Å². The molecule has 0 aliphatic heterocycles. The molecule has 0 unspecified atom stereocenters. The van der Waals surface area contributed by atoms with E-state index in [0.29, 0.717) is 0 Å². The number of carboxylic acids is 1. The van der Waals surface area contributed by atoms with E-state index in [0.717, 1.165) is 0 Å². The topological polar surface area (TPSA) is 110 Å². The number of carbonyl (C=O) groups excluding carboxylic acids is 1. The minimum Gasteiger partial charge on any atom is -0.473 e. The van der Waals surface area contributed by atoms with Gasteiger partial charge in [-0.2, -0.15) is 0 Å². The van der Waals surface area contributed by atoms with E-state index in [1.165, 1.54) is 0 Å². The van der Waals surface area contributed by atoms with Crippen molar-refractivity contribution in [1.29, 1.82) is 0 Å². The van der Waals surface area contributed by atoms with E-state index in [1.807, 2.05) is 0 Å². The molecule has 0 aliphatic carbocycles. The van der Waals surface area contributed by atoms with Crippen LogP contribution in [0, 0.1) is 0 Å². The molecule has 0 saturated heterocycles. The Hall–Kier alpha value is -1.79. The van der Waals surface area contributed by atoms with Crippen LogP contribution in [0.5, 0.6) is 0 Å². The van der Waals surface area contributed by atoms with Crippen molar-refractivity contribution in [2.45, 2.75) is 0 Å². The molecule has 0 saturated carbocycles. The molecule has 56 valence electrons. The molecule has 0 atom stereocenters. The fourth-order valence-electron chi connectivity index (χ4n) is 0.109. The lowest BCUT2D eigenvalue weighted by Gasteiger charge is -1.92. The van der Waals surface area contributed by atoms with Gasteiger partial charge in [-0.25, -0.2) is 24.2 Å². The van der Waals surface area contributed by atoms with Gasteiger partial charge in [-0.3, -0.25) is 0 Å². The highest BCUT2D eigenvalue weighted by molar-refractivity contribution is 6.28. The number of hydrogen-bond donors (Lipinski definition) is 2. The monoisotopic (exact) mass is 150 g/mol. The molecule has 7 heteroatoms. The Bertz CT molecular complexity index is 170. The number of rotatable bonds is 0. The fraction of sp³-hybridized carbons (Fsp3) is 0. The summed E-state index contributed by atoms with van der Waals surface area (Å²) in [6.45, 7) is 0. The van der Waals surface area contributed by atoms with Crippen LogP contribution in [0.15, 0.2) is 0 Å². The minimum atomic E-state index is -1.93. The van der Waals surface area contributed by atoms with Gasteiger partial charge < -0.3 is 10.2 Å². The maximum Gasteiger partial charge on any atom is 0.547 e. The van der Waals surface area contributed by atoms with Gasteiger partial charge in [0, 0.05) is 0 Å². The summed E-state index contributed by atoms with van der Waals surface area (Å²) in [5, 5.41) is 15.4. The lowest BCUT2D eigenvalue weighted by molar-refractivity contribution is -0.241. The third-order valence-electron chi connectivity index (χ3n) is 0.363. The standard InChI is InChI=1S/C3H2O7/c4-1(5)2(6)9-10-3(7)8/h(H,4,5)(H,7,8). The minimum absolute atomic E-state index is 1.79. The maximum absolute atomic E-state index is 9.84. The van der Waals surface area contributed by atoms with Crippen LogP contribution in [-0.2, 0) is 19.4 Å². The van der Waals surface area contributed by atoms with Crippen molar-refractivity contribution >= 4 is 18.1 Å². The van der Waals surface area contributed by atoms with Crippen molar-refractivity contribution in [2.24, 2.45) is 0 Å². The Labute approximate surface area is 53.7 Å². The molecule has 0 heterocycles. The van der Waals surface area contributed by atoms with E-state index in [4.69, 9.17) is 10.2 Å². The van der Waals surface area contributed by atoms with Gasteiger partial charge in [-0.05, 0) is 0 Å². The third kappa shape index (κ3) is 3.24. The van der Waals surface area contributed by atoms with Gasteiger partial charge >= 0.3 is 18.1 Å². The van der Waals surface area contributed by atoms with Gasteiger partial charge in [0.25, 0.3) is 0 Å². The van der Waals surface area contributed by atoms with E-state index in [-0.39, 0.29) is 0 Å². The highest BCUT2D eigenvalue weighted by atomic mass is 17.2. The van der Waals surface area contributed by atoms with E-state index in [2.05, 4.69) is 9.78 Å². The zero-order chi connectivity index (χ0) is 8.15. The van der Waals surface area contributed by atoms with Crippen molar-refractivity contribution in [1.82, 2.24) is 0 Å². The van der Waals surface area contributed by atoms with Gasteiger partial charge in [-0.15, -0.1) is 0 Å². The zero-order valence-electron chi connectivity index (χ0n) is 4.44. The lowest BCUT2D eigenvalue weighted by Crippen LogP contribution is -2.18. The number of hydrogen-bond acceptors (Lipinski definition) is 5. The highest BCUT2D eigenvalue weighted by Gasteiger charge is 2.16. The van der Waals surface area contributed by atoms with E-state index >= 15 is 0 Å². The predicted molar refractivity (Wildman–Crippen MR) is 22.8 cm³/mol. The Morgan fingerprint density at radius 2 is 1.50 bits per heavy atom. The summed E-state index contributed by atoms with van der Waals surface area (Å²) in [7, 11) is 0. The van der Waals surface area contributed by atoms with E-state index in [1.54, 1.807) is 0 Å². The largest absolute Gasteiger partial charge is 0.547 e. The molecule has 0 aromatic rings. The molecule has 0 aliphatic rings. The van der Waals surface area contributed by atoms with Gasteiger partial charge in [-0.1, -0.05) is 0 Å². The number of aliphatic carboxylic acids is 1. The number of carboxylic acid groups (broad SMARTS) is 2. The summed E-state index contributed by atoms with van der Waals surface area (Å²) in [6, 6.07) is 0. The quantitative estimate of drug-likeness (QED) is 0.265. The van der Waals surface area contributed by atoms with Crippen molar-refractivity contribution in [3.05, 3.63) is 0 Å². The Morgan fingerprint density at radius 1 is 1.00 bits per heavy atom. The maximum atomic E-state index is 9.84. The molecular weight excluding hydrogens is 148 g/mol. The fourth-order valence-corrected chi connectivity index (χ4v) is 0.109. The predicted octanol–water partition coefficient (Wildman–Crippen LogP) is -0.776. The van der Waals surface area contributed by atoms with Crippen molar-refractivity contribution in [3.8, 4) is 0 Å². The molecule has 0 rings (SSSR count). The summed E-state index contributed by atoms with van der Waals surface area (Å²) < 4.78 is 0. The molecule has 10 heavy (non-hydrogen) atoms. The smallest absolute Gasteiger partial charge is 0.473 e. The second kappa shape index (κ2) is 3.28. The van der Waals surface area contributed by atoms with Gasteiger partial charge in [0.1, 0.15) is 0 Å². The lowest BCUT2D eigenvalue weighted by atomic mass is 10.7. The van der Waals surface area contributed by atoms with E-state index < -0.39 is 18.1 Å². The van der Waals surface area contributed by atoms with Crippen LogP contribution < -0.4 is 0 Å². The third-order valence-corrected chi connectivity index (χ3v) is 0.363. The summed E-state index contributed by atoms with van der Waals surface area (Å²) in [4.78, 5) is 35.2. The molecular formula is C3H2O7. The van der Waals surface area contributed by atoms with Crippen LogP contribution in [0.2, 0.25) is 0 Å². The second-order valence-electron chi connectivity index (χ2n) is 1.03. The Kier molecular flexibility index (Phi) is 2.69. The average Bonchev–Trinajstić information content (AvgIpc) is 1.82. The van der Waals surface area contributed by atoms with Crippen molar-refractivity contribution in [2.75, 3.05) is 0 Å². The molecule has 0 aromatic carbocycles. The molecule has 0 aromatic heterocycles. The summed E-state index contributed by atoms with van der Waals surface area (Å²) in [5.41, 5.74) is 0. The van der Waals surface area contributed by atoms with Gasteiger partial charge in [0.05, 0.1) is 0 Å². The first-order chi connectivity index (χ1) is 4.54. The van der Waals surface area contributed by atoms with Gasteiger partial charge in [0.15, 0.2) is 0 Å². The molecule has 0 amide bonds. The molecule has 0 bridgehead atoms. The van der Waals surface area contributed by atoms with E-state index in [9.17, 15) is 14.4 Å². The summed E-state index contributed by atoms with van der Waals surface area (Å²) in [6.07, 6.45) is -1.89. The first-order valence-electron chi connectivity index (χ1n) is 1.88. The zero-order valence-corrected chi connectivity index (χ0v) is 4.44. The van der Waals surface area contributed by atoms with Crippen LogP contribution >= 0.6 is 0 Å². The molecule has 0 spiro atoms. The van der Waals surface area contributed by atoms with Crippen LogP contribution in [0.1, 0.15) is 0 Å². The molecule has 7 nitrogen and oxygen atoms in total. The Balaban J connectivity index is 3.60. The van der Waals surface area contributed by atoms with Gasteiger partial charge in [0.2, 0.25) is 0 Å². The van der Waals surface area contributed by atoms with Crippen LogP contribution in [0.25, 0.3) is 0 Å². The van der Waals surface area contributed by atoms with Crippen molar-refractivity contribution < 1.29 is 34.4 Å². The highest BCUT2D eigenvalue weighted by Crippen LogP contribution is 1.81.